The van der Waals surface area contributed by atoms with Crippen LogP contribution in [0.25, 0.3) is 0 Å². The third-order valence-electron chi connectivity index (χ3n) is 4.90. The summed E-state index contributed by atoms with van der Waals surface area (Å²) in [5, 5.41) is 2.13. The van der Waals surface area contributed by atoms with Crippen LogP contribution in [-0.2, 0) is 19.6 Å². The molecule has 0 spiro atoms. The molecule has 1 saturated heterocycles. The highest BCUT2D eigenvalue weighted by molar-refractivity contribution is 7.89. The Hall–Kier alpha value is -3.04. The molecular weight excluding hydrogens is 420 g/mol. The van der Waals surface area contributed by atoms with Crippen molar-refractivity contribution in [3.05, 3.63) is 65.7 Å². The highest BCUT2D eigenvalue weighted by Gasteiger charge is 2.26. The molecule has 164 valence electrons. The summed E-state index contributed by atoms with van der Waals surface area (Å²) in [5.41, 5.74) is 0.312. The molecule has 2 amide bonds. The van der Waals surface area contributed by atoms with Gasteiger partial charge in [-0.15, -0.1) is 0 Å². The normalized spacial score (nSPS) is 15.0. The molecule has 0 aliphatic carbocycles. The number of esters is 1. The van der Waals surface area contributed by atoms with E-state index in [9.17, 15) is 22.8 Å². The number of rotatable bonds is 6. The van der Waals surface area contributed by atoms with Crippen LogP contribution in [0.2, 0.25) is 0 Å². The Morgan fingerprint density at radius 2 is 1.52 bits per heavy atom. The van der Waals surface area contributed by atoms with Gasteiger partial charge in [0.05, 0.1) is 10.5 Å². The van der Waals surface area contributed by atoms with Crippen molar-refractivity contribution >= 4 is 27.8 Å². The van der Waals surface area contributed by atoms with E-state index in [1.54, 1.807) is 30.3 Å². The third kappa shape index (κ3) is 5.99. The standard InChI is InChI=1S/C22H24N2O6S/c25-20(23-21(26)17-9-4-3-5-10-17)16-30-22(27)18-11-8-12-19(15-18)31(28,29)24-13-6-1-2-7-14-24/h3-5,8-12,15H,1-2,6-7,13-14,16H2,(H,23,25,26). The lowest BCUT2D eigenvalue weighted by molar-refractivity contribution is -0.123. The molecule has 0 bridgehead atoms. The van der Waals surface area contributed by atoms with Crippen LogP contribution in [0.4, 0.5) is 0 Å². The number of nitrogens with one attached hydrogen (secondary N) is 1. The number of imide groups is 1. The van der Waals surface area contributed by atoms with Gasteiger partial charge in [0.2, 0.25) is 10.0 Å². The lowest BCUT2D eigenvalue weighted by Crippen LogP contribution is -2.34. The van der Waals surface area contributed by atoms with Gasteiger partial charge in [-0.2, -0.15) is 4.31 Å². The Kier molecular flexibility index (Phi) is 7.54. The second kappa shape index (κ2) is 10.3. The number of benzene rings is 2. The fraction of sp³-hybridized carbons (Fsp3) is 0.318. The molecule has 9 heteroatoms. The summed E-state index contributed by atoms with van der Waals surface area (Å²) in [6.07, 6.45) is 3.59. The minimum Gasteiger partial charge on any atom is -0.452 e. The minimum atomic E-state index is -3.72. The quantitative estimate of drug-likeness (QED) is 0.685. The van der Waals surface area contributed by atoms with Crippen LogP contribution in [0, 0.1) is 0 Å². The van der Waals surface area contributed by atoms with Gasteiger partial charge in [-0.05, 0) is 43.2 Å². The van der Waals surface area contributed by atoms with Crippen LogP contribution in [0.15, 0.2) is 59.5 Å². The number of ether oxygens (including phenoxy) is 1. The van der Waals surface area contributed by atoms with Crippen LogP contribution in [0.5, 0.6) is 0 Å². The molecule has 3 rings (SSSR count). The molecule has 31 heavy (non-hydrogen) atoms. The topological polar surface area (TPSA) is 110 Å². The molecule has 1 aliphatic heterocycles. The molecule has 1 fully saturated rings. The fourth-order valence-corrected chi connectivity index (χ4v) is 4.82. The molecule has 0 saturated carbocycles. The predicted octanol–water partition coefficient (Wildman–Crippen LogP) is 2.36. The van der Waals surface area contributed by atoms with E-state index < -0.39 is 34.4 Å². The summed E-state index contributed by atoms with van der Waals surface area (Å²) in [5.74, 6) is -2.24. The zero-order valence-electron chi connectivity index (χ0n) is 17.0. The van der Waals surface area contributed by atoms with Crippen molar-refractivity contribution in [3.63, 3.8) is 0 Å². The number of nitrogens with zero attached hydrogens (tertiary/aromatic N) is 1. The van der Waals surface area contributed by atoms with Gasteiger partial charge in [-0.1, -0.05) is 37.1 Å². The molecule has 1 aliphatic rings. The Bertz CT molecular complexity index is 1040. The van der Waals surface area contributed by atoms with Crippen molar-refractivity contribution < 1.29 is 27.5 Å². The lowest BCUT2D eigenvalue weighted by Gasteiger charge is -2.20. The number of carbonyl (C=O) groups excluding carboxylic acids is 3. The average molecular weight is 445 g/mol. The number of hydrogen-bond acceptors (Lipinski definition) is 6. The Morgan fingerprint density at radius 1 is 0.871 bits per heavy atom. The highest BCUT2D eigenvalue weighted by Crippen LogP contribution is 2.21. The SMILES string of the molecule is O=C(COC(=O)c1cccc(S(=O)(=O)N2CCCCCC2)c1)NC(=O)c1ccccc1. The smallest absolute Gasteiger partial charge is 0.338 e. The second-order valence-corrected chi connectivity index (χ2v) is 9.10. The first-order valence-electron chi connectivity index (χ1n) is 10.0. The molecule has 0 aromatic heterocycles. The summed E-state index contributed by atoms with van der Waals surface area (Å²) in [7, 11) is -3.72. The number of sulfonamides is 1. The van der Waals surface area contributed by atoms with Crippen LogP contribution < -0.4 is 5.32 Å². The summed E-state index contributed by atoms with van der Waals surface area (Å²) < 4.78 is 32.2. The fourth-order valence-electron chi connectivity index (χ4n) is 3.25. The van der Waals surface area contributed by atoms with Crippen molar-refractivity contribution in [2.24, 2.45) is 0 Å². The van der Waals surface area contributed by atoms with Crippen LogP contribution in [0.1, 0.15) is 46.4 Å². The van der Waals surface area contributed by atoms with Gasteiger partial charge in [-0.3, -0.25) is 14.9 Å². The van der Waals surface area contributed by atoms with Crippen LogP contribution >= 0.6 is 0 Å². The Morgan fingerprint density at radius 3 is 2.19 bits per heavy atom. The van der Waals surface area contributed by atoms with E-state index in [0.29, 0.717) is 18.7 Å². The maximum Gasteiger partial charge on any atom is 0.338 e. The van der Waals surface area contributed by atoms with Crippen LogP contribution in [0.3, 0.4) is 0 Å². The van der Waals surface area contributed by atoms with E-state index in [2.05, 4.69) is 5.32 Å². The van der Waals surface area contributed by atoms with Gasteiger partial charge in [0, 0.05) is 18.7 Å². The number of hydrogen-bond donors (Lipinski definition) is 1. The number of carbonyl (C=O) groups is 3. The van der Waals surface area contributed by atoms with Crippen molar-refractivity contribution in [1.29, 1.82) is 0 Å². The van der Waals surface area contributed by atoms with Crippen LogP contribution in [-0.4, -0.2) is 50.2 Å². The summed E-state index contributed by atoms with van der Waals surface area (Å²) in [6, 6.07) is 13.7. The zero-order valence-corrected chi connectivity index (χ0v) is 17.8. The van der Waals surface area contributed by atoms with Gasteiger partial charge >= 0.3 is 5.97 Å². The van der Waals surface area contributed by atoms with Gasteiger partial charge in [0.15, 0.2) is 6.61 Å². The predicted molar refractivity (Wildman–Crippen MR) is 113 cm³/mol. The molecule has 2 aromatic rings. The summed E-state index contributed by atoms with van der Waals surface area (Å²) >= 11 is 0. The van der Waals surface area contributed by atoms with Gasteiger partial charge < -0.3 is 4.74 Å². The second-order valence-electron chi connectivity index (χ2n) is 7.17. The van der Waals surface area contributed by atoms with E-state index in [0.717, 1.165) is 25.7 Å². The average Bonchev–Trinajstić information content (AvgIpc) is 3.08. The van der Waals surface area contributed by atoms with E-state index in [1.165, 1.54) is 28.6 Å². The van der Waals surface area contributed by atoms with Gasteiger partial charge in [0.1, 0.15) is 0 Å². The third-order valence-corrected chi connectivity index (χ3v) is 6.79. The number of amides is 2. The zero-order chi connectivity index (χ0) is 22.3. The minimum absolute atomic E-state index is 0.00700. The first-order valence-corrected chi connectivity index (χ1v) is 11.5. The molecule has 0 radical (unpaired) electrons. The largest absolute Gasteiger partial charge is 0.452 e. The molecule has 2 aromatic carbocycles. The molecule has 1 heterocycles. The van der Waals surface area contributed by atoms with Crippen molar-refractivity contribution in [3.8, 4) is 0 Å². The molecular formula is C22H24N2O6S. The molecule has 8 nitrogen and oxygen atoms in total. The van der Waals surface area contributed by atoms with Crippen molar-refractivity contribution in [1.82, 2.24) is 9.62 Å². The molecule has 0 atom stereocenters. The lowest BCUT2D eigenvalue weighted by atomic mass is 10.2. The van der Waals surface area contributed by atoms with Gasteiger partial charge in [0.25, 0.3) is 11.8 Å². The maximum absolute atomic E-state index is 12.9. The highest BCUT2D eigenvalue weighted by atomic mass is 32.2. The Balaban J connectivity index is 1.61. The van der Waals surface area contributed by atoms with E-state index in [-0.39, 0.29) is 10.5 Å². The van der Waals surface area contributed by atoms with E-state index >= 15 is 0 Å². The first-order chi connectivity index (χ1) is 14.9. The van der Waals surface area contributed by atoms with E-state index in [1.807, 2.05) is 0 Å². The van der Waals surface area contributed by atoms with Gasteiger partial charge in [-0.25, -0.2) is 13.2 Å². The maximum atomic E-state index is 12.9. The van der Waals surface area contributed by atoms with E-state index in [4.69, 9.17) is 4.74 Å². The first kappa shape index (κ1) is 22.6. The van der Waals surface area contributed by atoms with Crippen molar-refractivity contribution in [2.45, 2.75) is 30.6 Å². The summed E-state index contributed by atoms with van der Waals surface area (Å²) in [6.45, 7) is 0.236. The molecule has 1 N–H and O–H groups in total. The molecule has 0 unspecified atom stereocenters. The summed E-state index contributed by atoms with van der Waals surface area (Å²) in [4.78, 5) is 36.2. The Labute approximate surface area is 181 Å². The van der Waals surface area contributed by atoms with Crippen molar-refractivity contribution in [2.75, 3.05) is 19.7 Å². The monoisotopic (exact) mass is 444 g/mol.